The normalized spacial score (nSPS) is 17.9. The van der Waals surface area contributed by atoms with Gasteiger partial charge in [-0.05, 0) is 25.1 Å². The largest absolute Gasteiger partial charge is 0.478 e. The number of amides is 2. The number of likely N-dealkylation sites (tertiary alicyclic amines) is 1. The quantitative estimate of drug-likeness (QED) is 0.877. The highest BCUT2D eigenvalue weighted by Crippen LogP contribution is 2.20. The third-order valence-electron chi connectivity index (χ3n) is 3.43. The maximum atomic E-state index is 13.5. The van der Waals surface area contributed by atoms with Crippen LogP contribution in [-0.4, -0.2) is 40.9 Å². The van der Waals surface area contributed by atoms with Crippen molar-refractivity contribution >= 4 is 23.5 Å². The van der Waals surface area contributed by atoms with Crippen LogP contribution in [-0.2, 0) is 9.59 Å². The van der Waals surface area contributed by atoms with Crippen molar-refractivity contribution in [1.29, 1.82) is 0 Å². The third-order valence-corrected chi connectivity index (χ3v) is 3.43. The van der Waals surface area contributed by atoms with Crippen molar-refractivity contribution < 1.29 is 23.9 Å². The lowest BCUT2D eigenvalue weighted by atomic mass is 10.1. The number of carbonyl (C=O) groups is 3. The average Bonchev–Trinajstić information content (AvgIpc) is 2.79. The van der Waals surface area contributed by atoms with E-state index in [-0.39, 0.29) is 23.9 Å². The Balaban J connectivity index is 2.05. The topological polar surface area (TPSA) is 86.7 Å². The van der Waals surface area contributed by atoms with E-state index in [2.05, 4.69) is 5.32 Å². The van der Waals surface area contributed by atoms with E-state index < -0.39 is 23.3 Å². The Morgan fingerprint density at radius 3 is 2.71 bits per heavy atom. The summed E-state index contributed by atoms with van der Waals surface area (Å²) in [6.07, 6.45) is 0.134. The molecule has 2 amide bonds. The van der Waals surface area contributed by atoms with Gasteiger partial charge in [-0.15, -0.1) is 0 Å². The fourth-order valence-corrected chi connectivity index (χ4v) is 2.26. The minimum Gasteiger partial charge on any atom is -0.478 e. The van der Waals surface area contributed by atoms with Gasteiger partial charge in [-0.25, -0.2) is 9.18 Å². The van der Waals surface area contributed by atoms with Crippen LogP contribution in [0, 0.1) is 11.7 Å². The summed E-state index contributed by atoms with van der Waals surface area (Å²) >= 11 is 0. The fourth-order valence-electron chi connectivity index (χ4n) is 2.26. The SMILES string of the molecule is CCN1CC(C(=O)Nc2ccc(C(=O)O)c(F)c2)CC1=O. The average molecular weight is 294 g/mol. The molecule has 0 aromatic heterocycles. The summed E-state index contributed by atoms with van der Waals surface area (Å²) in [5.74, 6) is -3.21. The minimum absolute atomic E-state index is 0.0787. The summed E-state index contributed by atoms with van der Waals surface area (Å²) in [5.41, 5.74) is -0.286. The van der Waals surface area contributed by atoms with E-state index in [0.717, 1.165) is 12.1 Å². The molecule has 1 saturated heterocycles. The Bertz CT molecular complexity index is 603. The van der Waals surface area contributed by atoms with Gasteiger partial charge in [0.2, 0.25) is 11.8 Å². The van der Waals surface area contributed by atoms with Crippen LogP contribution >= 0.6 is 0 Å². The van der Waals surface area contributed by atoms with Crippen molar-refractivity contribution in [2.45, 2.75) is 13.3 Å². The molecule has 1 unspecified atom stereocenters. The molecule has 0 spiro atoms. The van der Waals surface area contributed by atoms with Gasteiger partial charge in [0.15, 0.2) is 0 Å². The van der Waals surface area contributed by atoms with Gasteiger partial charge in [0.05, 0.1) is 11.5 Å². The first kappa shape index (κ1) is 15.0. The minimum atomic E-state index is -1.37. The predicted molar refractivity (Wildman–Crippen MR) is 72.4 cm³/mol. The Labute approximate surface area is 120 Å². The van der Waals surface area contributed by atoms with Crippen molar-refractivity contribution in [1.82, 2.24) is 4.90 Å². The third kappa shape index (κ3) is 3.18. The molecule has 0 saturated carbocycles. The van der Waals surface area contributed by atoms with Crippen LogP contribution < -0.4 is 5.32 Å². The van der Waals surface area contributed by atoms with Gasteiger partial charge < -0.3 is 15.3 Å². The molecule has 2 N–H and O–H groups in total. The Morgan fingerprint density at radius 2 is 2.19 bits per heavy atom. The number of carboxylic acids is 1. The summed E-state index contributed by atoms with van der Waals surface area (Å²) in [4.78, 5) is 35.9. The number of carbonyl (C=O) groups excluding carboxylic acids is 2. The summed E-state index contributed by atoms with van der Waals surface area (Å²) in [6, 6.07) is 3.36. The first-order chi connectivity index (χ1) is 9.92. The van der Waals surface area contributed by atoms with Crippen LogP contribution in [0.2, 0.25) is 0 Å². The van der Waals surface area contributed by atoms with E-state index in [4.69, 9.17) is 5.11 Å². The number of benzene rings is 1. The monoisotopic (exact) mass is 294 g/mol. The van der Waals surface area contributed by atoms with Crippen LogP contribution in [0.15, 0.2) is 18.2 Å². The number of anilines is 1. The highest BCUT2D eigenvalue weighted by molar-refractivity contribution is 5.97. The van der Waals surface area contributed by atoms with Crippen molar-refractivity contribution in [2.75, 3.05) is 18.4 Å². The Hall–Kier alpha value is -2.44. The molecule has 0 bridgehead atoms. The Kier molecular flexibility index (Phi) is 4.21. The highest BCUT2D eigenvalue weighted by Gasteiger charge is 2.33. The number of nitrogens with zero attached hydrogens (tertiary/aromatic N) is 1. The lowest BCUT2D eigenvalue weighted by Gasteiger charge is -2.13. The predicted octanol–water partition coefficient (Wildman–Crippen LogP) is 1.33. The summed E-state index contributed by atoms with van der Waals surface area (Å²) in [7, 11) is 0. The van der Waals surface area contributed by atoms with Gasteiger partial charge in [-0.3, -0.25) is 9.59 Å². The highest BCUT2D eigenvalue weighted by atomic mass is 19.1. The molecular weight excluding hydrogens is 279 g/mol. The molecule has 1 heterocycles. The molecule has 112 valence electrons. The molecule has 1 aromatic rings. The lowest BCUT2D eigenvalue weighted by molar-refractivity contribution is -0.128. The van der Waals surface area contributed by atoms with Crippen molar-refractivity contribution in [3.8, 4) is 0 Å². The van der Waals surface area contributed by atoms with E-state index in [1.165, 1.54) is 6.07 Å². The second kappa shape index (κ2) is 5.90. The van der Waals surface area contributed by atoms with Crippen LogP contribution in [0.4, 0.5) is 10.1 Å². The maximum Gasteiger partial charge on any atom is 0.338 e. The van der Waals surface area contributed by atoms with E-state index in [1.54, 1.807) is 4.90 Å². The van der Waals surface area contributed by atoms with Crippen LogP contribution in [0.5, 0.6) is 0 Å². The molecule has 0 aliphatic carbocycles. The molecule has 7 heteroatoms. The molecule has 6 nitrogen and oxygen atoms in total. The number of hydrogen-bond acceptors (Lipinski definition) is 3. The number of aromatic carboxylic acids is 1. The summed E-state index contributed by atoms with van der Waals surface area (Å²) in [5, 5.41) is 11.2. The van der Waals surface area contributed by atoms with Gasteiger partial charge in [-0.1, -0.05) is 0 Å². The van der Waals surface area contributed by atoms with E-state index >= 15 is 0 Å². The standard InChI is InChI=1S/C14H15FN2O4/c1-2-17-7-8(5-12(17)18)13(19)16-9-3-4-10(14(20)21)11(15)6-9/h3-4,6,8H,2,5,7H2,1H3,(H,16,19)(H,20,21). The molecule has 1 aliphatic heterocycles. The first-order valence-electron chi connectivity index (χ1n) is 6.53. The molecule has 1 fully saturated rings. The van der Waals surface area contributed by atoms with Gasteiger partial charge in [0, 0.05) is 25.2 Å². The van der Waals surface area contributed by atoms with Gasteiger partial charge in [-0.2, -0.15) is 0 Å². The number of hydrogen-bond donors (Lipinski definition) is 2. The number of carboxylic acid groups (broad SMARTS) is 1. The smallest absolute Gasteiger partial charge is 0.338 e. The van der Waals surface area contributed by atoms with E-state index in [0.29, 0.717) is 13.1 Å². The maximum absolute atomic E-state index is 13.5. The van der Waals surface area contributed by atoms with Crippen LogP contribution in [0.3, 0.4) is 0 Å². The molecule has 2 rings (SSSR count). The Morgan fingerprint density at radius 1 is 1.48 bits per heavy atom. The molecule has 1 atom stereocenters. The van der Waals surface area contributed by atoms with Crippen molar-refractivity contribution in [3.05, 3.63) is 29.6 Å². The number of rotatable bonds is 4. The second-order valence-electron chi connectivity index (χ2n) is 4.82. The van der Waals surface area contributed by atoms with Crippen LogP contribution in [0.1, 0.15) is 23.7 Å². The molecular formula is C14H15FN2O4. The lowest BCUT2D eigenvalue weighted by Crippen LogP contribution is -2.28. The van der Waals surface area contributed by atoms with Gasteiger partial charge in [0.25, 0.3) is 0 Å². The zero-order valence-electron chi connectivity index (χ0n) is 11.4. The van der Waals surface area contributed by atoms with Gasteiger partial charge >= 0.3 is 5.97 Å². The summed E-state index contributed by atoms with van der Waals surface area (Å²) < 4.78 is 13.5. The molecule has 1 aromatic carbocycles. The van der Waals surface area contributed by atoms with Crippen molar-refractivity contribution in [3.63, 3.8) is 0 Å². The number of nitrogens with one attached hydrogen (secondary N) is 1. The van der Waals surface area contributed by atoms with Gasteiger partial charge in [0.1, 0.15) is 5.82 Å². The first-order valence-corrected chi connectivity index (χ1v) is 6.53. The zero-order valence-corrected chi connectivity index (χ0v) is 11.4. The molecule has 0 radical (unpaired) electrons. The molecule has 21 heavy (non-hydrogen) atoms. The summed E-state index contributed by atoms with van der Waals surface area (Å²) in [6.45, 7) is 2.72. The fraction of sp³-hybridized carbons (Fsp3) is 0.357. The van der Waals surface area contributed by atoms with E-state index in [1.807, 2.05) is 6.92 Å². The van der Waals surface area contributed by atoms with Crippen molar-refractivity contribution in [2.24, 2.45) is 5.92 Å². The van der Waals surface area contributed by atoms with E-state index in [9.17, 15) is 18.8 Å². The van der Waals surface area contributed by atoms with Crippen LogP contribution in [0.25, 0.3) is 0 Å². The number of halogens is 1. The molecule has 1 aliphatic rings. The zero-order chi connectivity index (χ0) is 15.6. The second-order valence-corrected chi connectivity index (χ2v) is 4.82.